The predicted molar refractivity (Wildman–Crippen MR) is 49.1 cm³/mol. The van der Waals surface area contributed by atoms with E-state index in [4.69, 9.17) is 5.73 Å². The zero-order valence-electron chi connectivity index (χ0n) is 7.82. The monoisotopic (exact) mass is 229 g/mol. The molecule has 2 rings (SSSR count). The van der Waals surface area contributed by atoms with E-state index in [1.165, 1.54) is 12.1 Å². The van der Waals surface area contributed by atoms with Crippen molar-refractivity contribution in [3.05, 3.63) is 29.8 Å². The van der Waals surface area contributed by atoms with Crippen LogP contribution in [0.2, 0.25) is 0 Å². The summed E-state index contributed by atoms with van der Waals surface area (Å²) >= 11 is 0. The predicted octanol–water partition coefficient (Wildman–Crippen LogP) is 2.34. The number of hydrogen-bond donors (Lipinski definition) is 1. The van der Waals surface area contributed by atoms with E-state index in [2.05, 4.69) is 14.7 Å². The lowest BCUT2D eigenvalue weighted by atomic mass is 10.1. The lowest BCUT2D eigenvalue weighted by Crippen LogP contribution is -2.04. The number of benzene rings is 1. The molecule has 84 valence electrons. The fourth-order valence-electron chi connectivity index (χ4n) is 1.16. The molecule has 1 aromatic heterocycles. The molecular formula is C9H6F3N3O. The summed E-state index contributed by atoms with van der Waals surface area (Å²) in [6.45, 7) is 0. The van der Waals surface area contributed by atoms with Gasteiger partial charge < -0.3 is 10.3 Å². The van der Waals surface area contributed by atoms with Gasteiger partial charge in [-0.05, 0) is 12.1 Å². The van der Waals surface area contributed by atoms with E-state index in [9.17, 15) is 13.2 Å². The number of rotatable bonds is 1. The Balaban J connectivity index is 2.33. The summed E-state index contributed by atoms with van der Waals surface area (Å²) in [4.78, 5) is 3.69. The summed E-state index contributed by atoms with van der Waals surface area (Å²) in [6, 6.07) is 4.28. The van der Waals surface area contributed by atoms with Gasteiger partial charge in [-0.1, -0.05) is 17.3 Å². The van der Waals surface area contributed by atoms with Crippen molar-refractivity contribution in [1.29, 1.82) is 0 Å². The van der Waals surface area contributed by atoms with Crippen LogP contribution in [0.4, 0.5) is 19.2 Å². The number of aromatic nitrogens is 2. The fourth-order valence-corrected chi connectivity index (χ4v) is 1.16. The molecule has 0 saturated carbocycles. The molecule has 7 heteroatoms. The zero-order chi connectivity index (χ0) is 11.8. The van der Waals surface area contributed by atoms with E-state index < -0.39 is 11.7 Å². The second-order valence-electron chi connectivity index (χ2n) is 3.03. The minimum Gasteiger partial charge on any atom is -0.351 e. The molecule has 0 aliphatic rings. The topological polar surface area (TPSA) is 64.9 Å². The summed E-state index contributed by atoms with van der Waals surface area (Å²) in [5.74, 6) is 0.159. The zero-order valence-corrected chi connectivity index (χ0v) is 7.82. The third-order valence-corrected chi connectivity index (χ3v) is 1.91. The van der Waals surface area contributed by atoms with Crippen molar-refractivity contribution in [2.75, 3.05) is 5.73 Å². The van der Waals surface area contributed by atoms with Crippen molar-refractivity contribution in [3.63, 3.8) is 0 Å². The lowest BCUT2D eigenvalue weighted by Gasteiger charge is -2.05. The van der Waals surface area contributed by atoms with Crippen LogP contribution in [-0.4, -0.2) is 10.1 Å². The molecule has 0 aliphatic heterocycles. The van der Waals surface area contributed by atoms with Gasteiger partial charge in [0.15, 0.2) is 0 Å². The van der Waals surface area contributed by atoms with Crippen molar-refractivity contribution in [2.45, 2.75) is 6.18 Å². The largest absolute Gasteiger partial charge is 0.416 e. The second kappa shape index (κ2) is 3.51. The van der Waals surface area contributed by atoms with Gasteiger partial charge in [-0.3, -0.25) is 0 Å². The molecule has 1 aromatic carbocycles. The van der Waals surface area contributed by atoms with E-state index >= 15 is 0 Å². The first kappa shape index (κ1) is 10.5. The number of alkyl halides is 3. The molecule has 0 spiro atoms. The van der Waals surface area contributed by atoms with Gasteiger partial charge in [0, 0.05) is 5.56 Å². The summed E-state index contributed by atoms with van der Waals surface area (Å²) in [5, 5.41) is 3.49. The van der Waals surface area contributed by atoms with Gasteiger partial charge >= 0.3 is 12.2 Å². The Labute approximate surface area is 87.9 Å². The molecule has 0 aliphatic carbocycles. The van der Waals surface area contributed by atoms with Crippen molar-refractivity contribution in [2.24, 2.45) is 0 Å². The van der Waals surface area contributed by atoms with Crippen LogP contribution < -0.4 is 5.73 Å². The highest BCUT2D eigenvalue weighted by molar-refractivity contribution is 5.55. The van der Waals surface area contributed by atoms with Gasteiger partial charge in [-0.15, -0.1) is 0 Å². The molecule has 0 fully saturated rings. The highest BCUT2D eigenvalue weighted by atomic mass is 19.4. The minimum atomic E-state index is -4.35. The van der Waals surface area contributed by atoms with E-state index in [1.807, 2.05) is 0 Å². The molecular weight excluding hydrogens is 223 g/mol. The van der Waals surface area contributed by atoms with Crippen molar-refractivity contribution in [3.8, 4) is 11.4 Å². The Bertz CT molecular complexity index is 489. The molecule has 2 N–H and O–H groups in total. The summed E-state index contributed by atoms with van der Waals surface area (Å²) in [5.41, 5.74) is 4.88. The van der Waals surface area contributed by atoms with E-state index in [0.29, 0.717) is 5.56 Å². The number of anilines is 1. The van der Waals surface area contributed by atoms with Gasteiger partial charge in [-0.25, -0.2) is 0 Å². The number of hydrogen-bond acceptors (Lipinski definition) is 4. The molecule has 0 radical (unpaired) electrons. The molecule has 0 saturated heterocycles. The molecule has 1 heterocycles. The van der Waals surface area contributed by atoms with Crippen LogP contribution in [0.1, 0.15) is 5.56 Å². The summed E-state index contributed by atoms with van der Waals surface area (Å²) in [7, 11) is 0. The number of nitrogen functional groups attached to an aromatic ring is 1. The SMILES string of the molecule is Nc1nc(-c2ccc(C(F)(F)F)cc2)no1. The molecule has 2 aromatic rings. The normalized spacial score (nSPS) is 11.7. The molecule has 0 unspecified atom stereocenters. The van der Waals surface area contributed by atoms with Gasteiger partial charge in [-0.2, -0.15) is 18.2 Å². The van der Waals surface area contributed by atoms with Gasteiger partial charge in [0.25, 0.3) is 0 Å². The highest BCUT2D eigenvalue weighted by Crippen LogP contribution is 2.30. The first-order chi connectivity index (χ1) is 7.47. The first-order valence-corrected chi connectivity index (χ1v) is 4.23. The maximum Gasteiger partial charge on any atom is 0.416 e. The Hall–Kier alpha value is -2.05. The summed E-state index contributed by atoms with van der Waals surface area (Å²) < 4.78 is 41.3. The van der Waals surface area contributed by atoms with E-state index in [1.54, 1.807) is 0 Å². The third-order valence-electron chi connectivity index (χ3n) is 1.91. The van der Waals surface area contributed by atoms with Gasteiger partial charge in [0.1, 0.15) is 0 Å². The van der Waals surface area contributed by atoms with Gasteiger partial charge in [0.2, 0.25) is 5.82 Å². The van der Waals surface area contributed by atoms with Crippen LogP contribution in [0.3, 0.4) is 0 Å². The molecule has 0 bridgehead atoms. The quantitative estimate of drug-likeness (QED) is 0.815. The Kier molecular flexibility index (Phi) is 2.30. The van der Waals surface area contributed by atoms with Crippen molar-refractivity contribution < 1.29 is 17.7 Å². The fraction of sp³-hybridized carbons (Fsp3) is 0.111. The van der Waals surface area contributed by atoms with Crippen LogP contribution in [0.5, 0.6) is 0 Å². The number of halogens is 3. The standard InChI is InChI=1S/C9H6F3N3O/c10-9(11,12)6-3-1-5(2-4-6)7-14-8(13)16-15-7/h1-4H,(H2,13,14,15). The Morgan fingerprint density at radius 2 is 1.75 bits per heavy atom. The smallest absolute Gasteiger partial charge is 0.351 e. The molecule has 0 atom stereocenters. The minimum absolute atomic E-state index is 0.130. The number of nitrogens with two attached hydrogens (primary N) is 1. The van der Waals surface area contributed by atoms with Gasteiger partial charge in [0.05, 0.1) is 5.56 Å². The maximum absolute atomic E-state index is 12.3. The summed E-state index contributed by atoms with van der Waals surface area (Å²) in [6.07, 6.45) is -4.35. The average molecular weight is 229 g/mol. The molecule has 4 nitrogen and oxygen atoms in total. The molecule has 16 heavy (non-hydrogen) atoms. The Morgan fingerprint density at radius 1 is 1.12 bits per heavy atom. The van der Waals surface area contributed by atoms with E-state index in [-0.39, 0.29) is 11.8 Å². The van der Waals surface area contributed by atoms with Crippen LogP contribution in [0.15, 0.2) is 28.8 Å². The van der Waals surface area contributed by atoms with Crippen LogP contribution >= 0.6 is 0 Å². The first-order valence-electron chi connectivity index (χ1n) is 4.23. The number of nitrogens with zero attached hydrogens (tertiary/aromatic N) is 2. The Morgan fingerprint density at radius 3 is 2.19 bits per heavy atom. The highest BCUT2D eigenvalue weighted by Gasteiger charge is 2.30. The van der Waals surface area contributed by atoms with E-state index in [0.717, 1.165) is 12.1 Å². The lowest BCUT2D eigenvalue weighted by molar-refractivity contribution is -0.137. The average Bonchev–Trinajstić information content (AvgIpc) is 2.64. The second-order valence-corrected chi connectivity index (χ2v) is 3.03. The molecule has 0 amide bonds. The van der Waals surface area contributed by atoms with Crippen molar-refractivity contribution >= 4 is 6.01 Å². The third kappa shape index (κ3) is 1.97. The van der Waals surface area contributed by atoms with Crippen molar-refractivity contribution in [1.82, 2.24) is 10.1 Å². The van der Waals surface area contributed by atoms with Crippen LogP contribution in [0.25, 0.3) is 11.4 Å². The maximum atomic E-state index is 12.3. The van der Waals surface area contributed by atoms with Crippen LogP contribution in [-0.2, 0) is 6.18 Å². The van der Waals surface area contributed by atoms with Crippen LogP contribution in [0, 0.1) is 0 Å².